The predicted octanol–water partition coefficient (Wildman–Crippen LogP) is 4.37. The molecule has 0 N–H and O–H groups in total. The third kappa shape index (κ3) is 2.48. The smallest absolute Gasteiger partial charge is 0.130 e. The maximum absolute atomic E-state index is 13.8. The van der Waals surface area contributed by atoms with Crippen LogP contribution in [0.1, 0.15) is 45.6 Å². The van der Waals surface area contributed by atoms with Gasteiger partial charge in [-0.15, -0.1) is 0 Å². The van der Waals surface area contributed by atoms with E-state index in [1.807, 2.05) is 0 Å². The quantitative estimate of drug-likeness (QED) is 0.777. The van der Waals surface area contributed by atoms with E-state index >= 15 is 0 Å². The van der Waals surface area contributed by atoms with E-state index in [0.29, 0.717) is 23.4 Å². The van der Waals surface area contributed by atoms with Crippen molar-refractivity contribution >= 4 is 0 Å². The van der Waals surface area contributed by atoms with Crippen molar-refractivity contribution in [2.24, 2.45) is 10.8 Å². The number of hydrogen-bond donors (Lipinski definition) is 0. The highest BCUT2D eigenvalue weighted by Crippen LogP contribution is 2.52. The molecule has 2 atom stereocenters. The van der Waals surface area contributed by atoms with Crippen molar-refractivity contribution in [3.8, 4) is 0 Å². The molecule has 1 aliphatic heterocycles. The van der Waals surface area contributed by atoms with Crippen molar-refractivity contribution in [1.82, 2.24) is 4.90 Å². The molecule has 2 aliphatic rings. The lowest BCUT2D eigenvalue weighted by molar-refractivity contribution is 0.126. The largest absolute Gasteiger partial charge is 0.295 e. The minimum Gasteiger partial charge on any atom is -0.295 e. The van der Waals surface area contributed by atoms with Gasteiger partial charge < -0.3 is 0 Å². The van der Waals surface area contributed by atoms with Gasteiger partial charge in [-0.25, -0.2) is 8.78 Å². The molecule has 3 heteroatoms. The number of likely N-dealkylation sites (tertiary alicyclic amines) is 1. The molecular weight excluding hydrogens is 256 g/mol. The lowest BCUT2D eigenvalue weighted by Gasteiger charge is -2.40. The molecule has 0 amide bonds. The minimum atomic E-state index is -0.420. The van der Waals surface area contributed by atoms with Crippen molar-refractivity contribution in [3.63, 3.8) is 0 Å². The fraction of sp³-hybridized carbons (Fsp3) is 0.647. The van der Waals surface area contributed by atoms with Gasteiger partial charge in [0.2, 0.25) is 0 Å². The Morgan fingerprint density at radius 3 is 2.45 bits per heavy atom. The van der Waals surface area contributed by atoms with E-state index in [2.05, 4.69) is 25.7 Å². The molecule has 2 bridgehead atoms. The molecule has 0 spiro atoms. The Morgan fingerprint density at radius 2 is 1.80 bits per heavy atom. The lowest BCUT2D eigenvalue weighted by Crippen LogP contribution is -2.34. The van der Waals surface area contributed by atoms with E-state index in [4.69, 9.17) is 0 Å². The molecule has 1 saturated heterocycles. The summed E-state index contributed by atoms with van der Waals surface area (Å²) in [6, 6.07) is 4.60. The van der Waals surface area contributed by atoms with Crippen molar-refractivity contribution in [2.75, 3.05) is 6.54 Å². The van der Waals surface area contributed by atoms with Crippen LogP contribution in [-0.4, -0.2) is 17.5 Å². The zero-order valence-corrected chi connectivity index (χ0v) is 12.5. The van der Waals surface area contributed by atoms with Crippen molar-refractivity contribution in [2.45, 2.75) is 52.6 Å². The molecule has 110 valence electrons. The summed E-state index contributed by atoms with van der Waals surface area (Å²) in [5.74, 6) is -0.841. The van der Waals surface area contributed by atoms with Gasteiger partial charge in [-0.3, -0.25) is 4.90 Å². The van der Waals surface area contributed by atoms with Crippen LogP contribution in [0.4, 0.5) is 8.78 Å². The van der Waals surface area contributed by atoms with E-state index in [0.717, 1.165) is 19.4 Å². The summed E-state index contributed by atoms with van der Waals surface area (Å²) < 4.78 is 27.7. The summed E-state index contributed by atoms with van der Waals surface area (Å²) in [7, 11) is 0. The average Bonchev–Trinajstić information content (AvgIpc) is 2.53. The second kappa shape index (κ2) is 4.52. The van der Waals surface area contributed by atoms with Crippen LogP contribution >= 0.6 is 0 Å². The van der Waals surface area contributed by atoms with Gasteiger partial charge in [-0.2, -0.15) is 0 Å². The third-order valence-electron chi connectivity index (χ3n) is 4.95. The Morgan fingerprint density at radius 1 is 1.15 bits per heavy atom. The fourth-order valence-corrected chi connectivity index (χ4v) is 4.65. The molecule has 1 heterocycles. The van der Waals surface area contributed by atoms with Crippen LogP contribution in [0, 0.1) is 22.5 Å². The first kappa shape index (κ1) is 14.0. The second-order valence-corrected chi connectivity index (χ2v) is 7.82. The summed E-state index contributed by atoms with van der Waals surface area (Å²) in [5, 5.41) is 0. The van der Waals surface area contributed by atoms with Crippen LogP contribution in [0.3, 0.4) is 0 Å². The molecule has 1 aliphatic carbocycles. The van der Waals surface area contributed by atoms with Gasteiger partial charge >= 0.3 is 0 Å². The maximum Gasteiger partial charge on any atom is 0.130 e. The van der Waals surface area contributed by atoms with Crippen molar-refractivity contribution in [1.29, 1.82) is 0 Å². The summed E-state index contributed by atoms with van der Waals surface area (Å²) in [6.45, 7) is 8.29. The summed E-state index contributed by atoms with van der Waals surface area (Å²) in [4.78, 5) is 2.29. The lowest BCUT2D eigenvalue weighted by atomic mass is 9.65. The minimum absolute atomic E-state index is 0.224. The molecule has 20 heavy (non-hydrogen) atoms. The van der Waals surface area contributed by atoms with Crippen molar-refractivity contribution in [3.05, 3.63) is 35.4 Å². The Balaban J connectivity index is 1.83. The Kier molecular flexibility index (Phi) is 3.16. The zero-order chi connectivity index (χ0) is 14.5. The highest BCUT2D eigenvalue weighted by atomic mass is 19.1. The molecule has 3 rings (SSSR count). The van der Waals surface area contributed by atoms with E-state index in [9.17, 15) is 8.78 Å². The highest BCUT2D eigenvalue weighted by Gasteiger charge is 2.49. The fourth-order valence-electron chi connectivity index (χ4n) is 4.65. The molecule has 2 fully saturated rings. The number of nitrogens with zero attached hydrogens (tertiary/aromatic N) is 1. The first-order valence-electron chi connectivity index (χ1n) is 7.45. The van der Waals surface area contributed by atoms with Crippen LogP contribution in [0.25, 0.3) is 0 Å². The number of rotatable bonds is 2. The maximum atomic E-state index is 13.8. The predicted molar refractivity (Wildman–Crippen MR) is 76.3 cm³/mol. The standard InChI is InChI=1S/C17H23F2N/c1-16(2)7-12-8-17(3,10-16)11-20(12)9-13-14(18)5-4-6-15(13)19/h4-6,12H,7-11H2,1-3H3/t12-,17-/m1/s1. The molecule has 1 aromatic carbocycles. The number of halogens is 2. The first-order chi connectivity index (χ1) is 9.28. The Labute approximate surface area is 120 Å². The molecule has 1 saturated carbocycles. The van der Waals surface area contributed by atoms with Gasteiger partial charge in [0.25, 0.3) is 0 Å². The van der Waals surface area contributed by atoms with Gasteiger partial charge in [0, 0.05) is 24.7 Å². The van der Waals surface area contributed by atoms with Gasteiger partial charge in [0.1, 0.15) is 11.6 Å². The molecule has 0 unspecified atom stereocenters. The van der Waals surface area contributed by atoms with Gasteiger partial charge in [-0.1, -0.05) is 26.8 Å². The van der Waals surface area contributed by atoms with E-state index < -0.39 is 11.6 Å². The van der Waals surface area contributed by atoms with Crippen LogP contribution < -0.4 is 0 Å². The molecule has 1 aromatic rings. The summed E-state index contributed by atoms with van der Waals surface area (Å²) in [6.07, 6.45) is 3.48. The first-order valence-corrected chi connectivity index (χ1v) is 7.45. The molecular formula is C17H23F2N. The summed E-state index contributed by atoms with van der Waals surface area (Å²) >= 11 is 0. The number of fused-ring (bicyclic) bond motifs is 2. The van der Waals surface area contributed by atoms with E-state index in [-0.39, 0.29) is 5.56 Å². The molecule has 1 nitrogen and oxygen atoms in total. The van der Waals surface area contributed by atoms with Gasteiger partial charge in [0.05, 0.1) is 0 Å². The van der Waals surface area contributed by atoms with Crippen LogP contribution in [-0.2, 0) is 6.54 Å². The van der Waals surface area contributed by atoms with Crippen molar-refractivity contribution < 1.29 is 8.78 Å². The van der Waals surface area contributed by atoms with E-state index in [1.165, 1.54) is 24.6 Å². The van der Waals surface area contributed by atoms with Crippen LogP contribution in [0.15, 0.2) is 18.2 Å². The monoisotopic (exact) mass is 279 g/mol. The van der Waals surface area contributed by atoms with E-state index in [1.54, 1.807) is 0 Å². The number of benzene rings is 1. The number of hydrogen-bond acceptors (Lipinski definition) is 1. The normalized spacial score (nSPS) is 32.5. The summed E-state index contributed by atoms with van der Waals surface area (Å²) in [5.41, 5.74) is 0.857. The SMILES string of the molecule is CC1(C)C[C@@H]2C[C@@](C)(CN2Cc2c(F)cccc2F)C1. The third-order valence-corrected chi connectivity index (χ3v) is 4.95. The molecule has 0 radical (unpaired) electrons. The van der Waals surface area contributed by atoms with Gasteiger partial charge in [0.15, 0.2) is 0 Å². The zero-order valence-electron chi connectivity index (χ0n) is 12.5. The Bertz CT molecular complexity index is 505. The van der Waals surface area contributed by atoms with Crippen LogP contribution in [0.5, 0.6) is 0 Å². The second-order valence-electron chi connectivity index (χ2n) is 7.82. The van der Waals surface area contributed by atoms with Gasteiger partial charge in [-0.05, 0) is 42.2 Å². The average molecular weight is 279 g/mol. The topological polar surface area (TPSA) is 3.24 Å². The highest BCUT2D eigenvalue weighted by molar-refractivity contribution is 5.20. The Hall–Kier alpha value is -0.960. The van der Waals surface area contributed by atoms with Crippen LogP contribution in [0.2, 0.25) is 0 Å². The molecule has 0 aromatic heterocycles.